The van der Waals surface area contributed by atoms with Crippen LogP contribution in [-0.2, 0) is 19.6 Å². The zero-order valence-electron chi connectivity index (χ0n) is 31.5. The first kappa shape index (κ1) is 39.8. The smallest absolute Gasteiger partial charge is 0.255 e. The average molecular weight is 760 g/mol. The maximum Gasteiger partial charge on any atom is 0.255 e. The first-order valence-electron chi connectivity index (χ1n) is 18.2. The maximum absolute atomic E-state index is 14.0. The van der Waals surface area contributed by atoms with Crippen LogP contribution in [-0.4, -0.2) is 100 Å². The number of sulfonamides is 1. The number of aryl methyl sites for hydroxylation is 1. The number of piperidine rings is 2. The molecule has 0 saturated carbocycles. The molecule has 0 aliphatic carbocycles. The summed E-state index contributed by atoms with van der Waals surface area (Å²) in [5.41, 5.74) is 1.11. The molecule has 5 rings (SSSR count). The highest BCUT2D eigenvalue weighted by Crippen LogP contribution is 2.38. The number of methoxy groups -OCH3 is 2. The van der Waals surface area contributed by atoms with Gasteiger partial charge in [0.15, 0.2) is 11.5 Å². The number of rotatable bonds is 12. The van der Waals surface area contributed by atoms with Gasteiger partial charge in [-0.25, -0.2) is 13.1 Å². The number of hydrogen-bond acceptors (Lipinski definition) is 8. The Morgan fingerprint density at radius 1 is 0.981 bits per heavy atom. The Labute approximate surface area is 313 Å². The van der Waals surface area contributed by atoms with E-state index < -0.39 is 21.5 Å². The highest BCUT2D eigenvalue weighted by Gasteiger charge is 2.41. The van der Waals surface area contributed by atoms with Gasteiger partial charge in [-0.2, -0.15) is 0 Å². The van der Waals surface area contributed by atoms with Crippen molar-refractivity contribution in [1.29, 1.82) is 0 Å². The van der Waals surface area contributed by atoms with Gasteiger partial charge in [0.2, 0.25) is 21.8 Å². The normalized spacial score (nSPS) is 21.2. The maximum atomic E-state index is 14.0. The molecule has 52 heavy (non-hydrogen) atoms. The molecule has 3 aliphatic heterocycles. The Morgan fingerprint density at radius 2 is 1.63 bits per heavy atom. The fraction of sp³-hybridized carbons (Fsp3) is 0.605. The van der Waals surface area contributed by atoms with E-state index in [2.05, 4.69) is 14.9 Å². The van der Waals surface area contributed by atoms with Gasteiger partial charge in [0.05, 0.1) is 24.7 Å². The van der Waals surface area contributed by atoms with Gasteiger partial charge in [0.25, 0.3) is 5.91 Å². The van der Waals surface area contributed by atoms with Crippen molar-refractivity contribution in [2.24, 2.45) is 5.92 Å². The molecule has 0 radical (unpaired) electrons. The van der Waals surface area contributed by atoms with Gasteiger partial charge in [0, 0.05) is 79.5 Å². The minimum absolute atomic E-state index is 0.0415. The highest BCUT2D eigenvalue weighted by atomic mass is 35.5. The zero-order chi connectivity index (χ0) is 38.0. The molecule has 2 bridgehead atoms. The summed E-state index contributed by atoms with van der Waals surface area (Å²) >= 11 is 6.51. The number of ether oxygens (including phenoxy) is 2. The number of fused-ring (bicyclic) bond motifs is 2. The number of nitrogens with one attached hydrogen (secondary N) is 2. The van der Waals surface area contributed by atoms with E-state index in [0.717, 1.165) is 49.9 Å². The van der Waals surface area contributed by atoms with Crippen LogP contribution >= 0.6 is 11.6 Å². The van der Waals surface area contributed by atoms with Crippen LogP contribution in [0.2, 0.25) is 5.02 Å². The monoisotopic (exact) mass is 759 g/mol. The number of benzene rings is 2. The predicted octanol–water partition coefficient (Wildman–Crippen LogP) is 5.15. The second-order valence-electron chi connectivity index (χ2n) is 15.4. The molecule has 3 aliphatic rings. The van der Waals surface area contributed by atoms with Crippen molar-refractivity contribution in [3.05, 3.63) is 46.5 Å². The lowest BCUT2D eigenvalue weighted by Crippen LogP contribution is -2.51. The number of halogens is 1. The minimum atomic E-state index is -3.95. The van der Waals surface area contributed by atoms with Crippen molar-refractivity contribution >= 4 is 45.0 Å². The molecule has 2 aromatic carbocycles. The fourth-order valence-electron chi connectivity index (χ4n) is 7.93. The van der Waals surface area contributed by atoms with Crippen LogP contribution in [0.1, 0.15) is 88.6 Å². The number of likely N-dealkylation sites (tertiary alicyclic amines) is 1. The molecule has 3 fully saturated rings. The summed E-state index contributed by atoms with van der Waals surface area (Å²) in [6.07, 6.45) is 5.62. The Morgan fingerprint density at radius 3 is 2.19 bits per heavy atom. The molecule has 2 unspecified atom stereocenters. The van der Waals surface area contributed by atoms with Crippen molar-refractivity contribution in [3.63, 3.8) is 0 Å². The van der Waals surface area contributed by atoms with Crippen molar-refractivity contribution in [1.82, 2.24) is 19.8 Å². The zero-order valence-corrected chi connectivity index (χ0v) is 33.0. The molecule has 2 N–H and O–H groups in total. The van der Waals surface area contributed by atoms with E-state index in [0.29, 0.717) is 37.5 Å². The summed E-state index contributed by atoms with van der Waals surface area (Å²) in [4.78, 5) is 45.7. The third-order valence-electron chi connectivity index (χ3n) is 10.5. The number of amides is 3. The van der Waals surface area contributed by atoms with E-state index in [9.17, 15) is 22.8 Å². The van der Waals surface area contributed by atoms with Crippen LogP contribution in [0.4, 0.5) is 5.69 Å². The molecule has 3 saturated heterocycles. The summed E-state index contributed by atoms with van der Waals surface area (Å²) < 4.78 is 40.0. The Bertz CT molecular complexity index is 1740. The lowest BCUT2D eigenvalue weighted by molar-refractivity contribution is -0.133. The van der Waals surface area contributed by atoms with E-state index in [1.807, 2.05) is 30.0 Å². The third kappa shape index (κ3) is 9.21. The van der Waals surface area contributed by atoms with Gasteiger partial charge in [-0.3, -0.25) is 19.3 Å². The second kappa shape index (κ2) is 16.3. The van der Waals surface area contributed by atoms with Crippen LogP contribution in [0.5, 0.6) is 11.5 Å². The molecule has 2 aromatic rings. The van der Waals surface area contributed by atoms with Crippen LogP contribution in [0.15, 0.2) is 35.2 Å². The molecule has 14 heteroatoms. The fourth-order valence-corrected chi connectivity index (χ4v) is 9.57. The average Bonchev–Trinajstić information content (AvgIpc) is 3.32. The van der Waals surface area contributed by atoms with Crippen molar-refractivity contribution in [2.45, 2.75) is 108 Å². The Kier molecular flexibility index (Phi) is 12.5. The molecule has 2 atom stereocenters. The molecule has 286 valence electrons. The third-order valence-corrected chi connectivity index (χ3v) is 12.6. The summed E-state index contributed by atoms with van der Waals surface area (Å²) in [5.74, 6) is -0.124. The molecular weight excluding hydrogens is 706 g/mol. The summed E-state index contributed by atoms with van der Waals surface area (Å²) in [7, 11) is -1.12. The van der Waals surface area contributed by atoms with Gasteiger partial charge >= 0.3 is 0 Å². The Balaban J connectivity index is 1.24. The van der Waals surface area contributed by atoms with E-state index in [-0.39, 0.29) is 57.8 Å². The largest absolute Gasteiger partial charge is 0.493 e. The first-order valence-corrected chi connectivity index (χ1v) is 20.1. The lowest BCUT2D eigenvalue weighted by Gasteiger charge is -2.40. The summed E-state index contributed by atoms with van der Waals surface area (Å²) in [6, 6.07) is 8.93. The quantitative estimate of drug-likeness (QED) is 0.303. The van der Waals surface area contributed by atoms with E-state index in [4.69, 9.17) is 21.1 Å². The Hall–Kier alpha value is -3.39. The number of carbonyl (C=O) groups is 3. The standard InChI is InChI=1S/C38H54ClN5O7S/c1-24-9-10-30(21-33(24)39)44(37(47)26-13-17-42(18-14-26)25(2)45)16-8-15-43-28-11-12-29(43)20-27(19-28)40-36(46)32-22-31(23-34(50-6)35(32)51-7)52(48,49)41-38(3,4)5/h9-10,21-23,26-29,41H,8,11-20H2,1-7H3,(H,40,46). The highest BCUT2D eigenvalue weighted by molar-refractivity contribution is 7.89. The molecule has 0 spiro atoms. The number of hydrogen-bond donors (Lipinski definition) is 2. The van der Waals surface area contributed by atoms with Crippen LogP contribution < -0.4 is 24.4 Å². The van der Waals surface area contributed by atoms with Crippen LogP contribution in [0.25, 0.3) is 0 Å². The van der Waals surface area contributed by atoms with Crippen molar-refractivity contribution in [3.8, 4) is 11.5 Å². The molecule has 3 heterocycles. The van der Waals surface area contributed by atoms with Crippen LogP contribution in [0, 0.1) is 12.8 Å². The topological polar surface area (TPSA) is 138 Å². The molecule has 3 amide bonds. The van der Waals surface area contributed by atoms with Crippen molar-refractivity contribution in [2.75, 3.05) is 45.3 Å². The van der Waals surface area contributed by atoms with Gasteiger partial charge < -0.3 is 24.6 Å². The van der Waals surface area contributed by atoms with Crippen LogP contribution in [0.3, 0.4) is 0 Å². The van der Waals surface area contributed by atoms with Crippen molar-refractivity contribution < 1.29 is 32.3 Å². The van der Waals surface area contributed by atoms with E-state index >= 15 is 0 Å². The van der Waals surface area contributed by atoms with E-state index in [1.165, 1.54) is 26.4 Å². The molecule has 12 nitrogen and oxygen atoms in total. The van der Waals surface area contributed by atoms with Gasteiger partial charge in [-0.05, 0) is 96.4 Å². The van der Waals surface area contributed by atoms with Gasteiger partial charge in [-0.1, -0.05) is 17.7 Å². The van der Waals surface area contributed by atoms with Gasteiger partial charge in [0.1, 0.15) is 0 Å². The van der Waals surface area contributed by atoms with Gasteiger partial charge in [-0.15, -0.1) is 0 Å². The predicted molar refractivity (Wildman–Crippen MR) is 202 cm³/mol. The second-order valence-corrected chi connectivity index (χ2v) is 17.5. The number of nitrogens with zero attached hydrogens (tertiary/aromatic N) is 3. The summed E-state index contributed by atoms with van der Waals surface area (Å²) in [5, 5.41) is 3.79. The lowest BCUT2D eigenvalue weighted by atomic mass is 9.94. The molecule has 0 aromatic heterocycles. The SMILES string of the molecule is COc1cc(S(=O)(=O)NC(C)(C)C)cc(C(=O)NC2CC3CCC(C2)N3CCCN(C(=O)C2CCN(C(C)=O)CC2)c2ccc(C)c(Cl)c2)c1OC. The van der Waals surface area contributed by atoms with E-state index in [1.54, 1.807) is 32.6 Å². The summed E-state index contributed by atoms with van der Waals surface area (Å²) in [6.45, 7) is 11.3. The number of anilines is 1. The molecular formula is C38H54ClN5O7S. The first-order chi connectivity index (χ1) is 24.5. The number of carbonyl (C=O) groups excluding carboxylic acids is 3. The minimum Gasteiger partial charge on any atom is -0.493 e.